The molecule has 1 saturated heterocycles. The van der Waals surface area contributed by atoms with Gasteiger partial charge in [-0.2, -0.15) is 0 Å². The number of halogens is 1. The van der Waals surface area contributed by atoms with Crippen molar-refractivity contribution in [2.24, 2.45) is 5.92 Å². The van der Waals surface area contributed by atoms with Gasteiger partial charge in [-0.3, -0.25) is 9.59 Å². The van der Waals surface area contributed by atoms with Crippen LogP contribution in [0.5, 0.6) is 5.75 Å². The molecular weight excluding hydrogens is 395 g/mol. The molecule has 2 amide bonds. The third kappa shape index (κ3) is 5.24. The first kappa shape index (κ1) is 22.8. The summed E-state index contributed by atoms with van der Waals surface area (Å²) >= 11 is 0. The molecule has 0 N–H and O–H groups in total. The summed E-state index contributed by atoms with van der Waals surface area (Å²) in [6.07, 6.45) is 2.70. The number of unbranched alkanes of at least 4 members (excludes halogenated alkanes) is 1. The number of piperidine rings is 1. The van der Waals surface area contributed by atoms with Gasteiger partial charge in [0, 0.05) is 32.1 Å². The summed E-state index contributed by atoms with van der Waals surface area (Å²) in [6.45, 7) is 3.09. The van der Waals surface area contributed by atoms with E-state index in [1.807, 2.05) is 29.2 Å². The maximum Gasteiger partial charge on any atom is 0.228 e. The molecule has 1 heterocycles. The number of ether oxygens (including phenoxy) is 1. The molecule has 2 atom stereocenters. The second-order valence-corrected chi connectivity index (χ2v) is 8.09. The van der Waals surface area contributed by atoms with Crippen LogP contribution in [0.4, 0.5) is 4.39 Å². The minimum atomic E-state index is -0.368. The van der Waals surface area contributed by atoms with Crippen LogP contribution >= 0.6 is 0 Å². The number of likely N-dealkylation sites (tertiary alicyclic amines) is 1. The predicted molar refractivity (Wildman–Crippen MR) is 118 cm³/mol. The predicted octanol–water partition coefficient (Wildman–Crippen LogP) is 4.57. The first-order valence-corrected chi connectivity index (χ1v) is 10.9. The van der Waals surface area contributed by atoms with Crippen molar-refractivity contribution in [3.63, 3.8) is 0 Å². The van der Waals surface area contributed by atoms with Crippen molar-refractivity contribution in [3.8, 4) is 5.75 Å². The number of nitrogens with zero attached hydrogens (tertiary/aromatic N) is 2. The fraction of sp³-hybridized carbons (Fsp3) is 0.440. The summed E-state index contributed by atoms with van der Waals surface area (Å²) in [4.78, 5) is 30.0. The molecule has 1 aliphatic heterocycles. The van der Waals surface area contributed by atoms with E-state index in [1.54, 1.807) is 31.2 Å². The Bertz CT molecular complexity index is 900. The van der Waals surface area contributed by atoms with E-state index in [1.165, 1.54) is 12.1 Å². The van der Waals surface area contributed by atoms with Crippen molar-refractivity contribution in [3.05, 3.63) is 65.5 Å². The topological polar surface area (TPSA) is 49.9 Å². The van der Waals surface area contributed by atoms with E-state index in [0.717, 1.165) is 24.0 Å². The second-order valence-electron chi connectivity index (χ2n) is 8.09. The highest BCUT2D eigenvalue weighted by atomic mass is 19.1. The highest BCUT2D eigenvalue weighted by Gasteiger charge is 2.42. The Balaban J connectivity index is 1.92. The molecule has 1 aliphatic rings. The lowest BCUT2D eigenvalue weighted by molar-refractivity contribution is -0.147. The zero-order valence-corrected chi connectivity index (χ0v) is 18.5. The van der Waals surface area contributed by atoms with Gasteiger partial charge in [0.1, 0.15) is 11.6 Å². The van der Waals surface area contributed by atoms with Gasteiger partial charge in [-0.1, -0.05) is 43.7 Å². The molecule has 3 rings (SSSR count). The molecule has 0 saturated carbocycles. The van der Waals surface area contributed by atoms with Gasteiger partial charge in [-0.15, -0.1) is 0 Å². The van der Waals surface area contributed by atoms with Gasteiger partial charge >= 0.3 is 0 Å². The van der Waals surface area contributed by atoms with Crippen LogP contribution in [0.25, 0.3) is 0 Å². The van der Waals surface area contributed by atoms with Crippen LogP contribution in [0.1, 0.15) is 49.8 Å². The Morgan fingerprint density at radius 1 is 1.19 bits per heavy atom. The Kier molecular flexibility index (Phi) is 7.66. The maximum atomic E-state index is 13.6. The lowest BCUT2D eigenvalue weighted by Gasteiger charge is -2.42. The Morgan fingerprint density at radius 2 is 1.90 bits per heavy atom. The van der Waals surface area contributed by atoms with Crippen LogP contribution < -0.4 is 4.74 Å². The van der Waals surface area contributed by atoms with Crippen LogP contribution in [-0.2, 0) is 16.1 Å². The molecule has 31 heavy (non-hydrogen) atoms. The molecule has 2 aromatic rings. The Labute approximate surface area is 183 Å². The van der Waals surface area contributed by atoms with Crippen molar-refractivity contribution in [1.82, 2.24) is 9.80 Å². The lowest BCUT2D eigenvalue weighted by atomic mass is 9.82. The van der Waals surface area contributed by atoms with Crippen LogP contribution in [-0.4, -0.2) is 42.3 Å². The summed E-state index contributed by atoms with van der Waals surface area (Å²) in [5.74, 6) is 0.0779. The highest BCUT2D eigenvalue weighted by molar-refractivity contribution is 5.85. The van der Waals surface area contributed by atoms with E-state index in [4.69, 9.17) is 4.74 Å². The smallest absolute Gasteiger partial charge is 0.228 e. The molecule has 0 spiro atoms. The maximum absolute atomic E-state index is 13.6. The Hall–Kier alpha value is -2.89. The molecule has 6 heteroatoms. The number of benzene rings is 2. The van der Waals surface area contributed by atoms with Gasteiger partial charge in [0.05, 0.1) is 19.1 Å². The average Bonchev–Trinajstić information content (AvgIpc) is 2.79. The van der Waals surface area contributed by atoms with Crippen molar-refractivity contribution in [2.75, 3.05) is 20.7 Å². The molecule has 5 nitrogen and oxygen atoms in total. The van der Waals surface area contributed by atoms with Crippen molar-refractivity contribution in [2.45, 2.75) is 45.2 Å². The van der Waals surface area contributed by atoms with Crippen LogP contribution in [0.3, 0.4) is 0 Å². The van der Waals surface area contributed by atoms with Crippen molar-refractivity contribution >= 4 is 11.8 Å². The summed E-state index contributed by atoms with van der Waals surface area (Å²) in [5, 5.41) is 0. The molecule has 0 aromatic heterocycles. The number of rotatable bonds is 8. The van der Waals surface area contributed by atoms with Gasteiger partial charge in [0.2, 0.25) is 11.8 Å². The average molecular weight is 427 g/mol. The second kappa shape index (κ2) is 10.4. The first-order valence-electron chi connectivity index (χ1n) is 10.9. The third-order valence-corrected chi connectivity index (χ3v) is 5.94. The zero-order chi connectivity index (χ0) is 22.4. The number of hydrogen-bond donors (Lipinski definition) is 0. The number of carbonyl (C=O) groups excluding carboxylic acids is 2. The monoisotopic (exact) mass is 426 g/mol. The van der Waals surface area contributed by atoms with Gasteiger partial charge in [0.25, 0.3) is 0 Å². The number of methoxy groups -OCH3 is 1. The van der Waals surface area contributed by atoms with E-state index in [-0.39, 0.29) is 29.6 Å². The van der Waals surface area contributed by atoms with Crippen LogP contribution in [0.2, 0.25) is 0 Å². The minimum absolute atomic E-state index is 0.0192. The van der Waals surface area contributed by atoms with Crippen molar-refractivity contribution < 1.29 is 18.7 Å². The molecular formula is C25H31FN2O3. The molecule has 0 bridgehead atoms. The number of amides is 2. The fourth-order valence-corrected chi connectivity index (χ4v) is 4.32. The highest BCUT2D eigenvalue weighted by Crippen LogP contribution is 2.41. The standard InChI is InChI=1S/C25H31FN2O3/c1-4-5-16-28-23(29)15-14-21(24(28)20-8-6-7-9-22(20)31-3)25(30)27(2)17-18-10-12-19(26)13-11-18/h6-13,21,24H,4-5,14-17H2,1-3H3. The number of carbonyl (C=O) groups is 2. The summed E-state index contributed by atoms with van der Waals surface area (Å²) < 4.78 is 18.8. The number of hydrogen-bond acceptors (Lipinski definition) is 3. The zero-order valence-electron chi connectivity index (χ0n) is 18.5. The van der Waals surface area contributed by atoms with Gasteiger partial charge < -0.3 is 14.5 Å². The van der Waals surface area contributed by atoms with Gasteiger partial charge in [0.15, 0.2) is 0 Å². The van der Waals surface area contributed by atoms with Crippen LogP contribution in [0.15, 0.2) is 48.5 Å². The SMILES string of the molecule is CCCCN1C(=O)CCC(C(=O)N(C)Cc2ccc(F)cc2)C1c1ccccc1OC. The van der Waals surface area contributed by atoms with Gasteiger partial charge in [-0.25, -0.2) is 4.39 Å². The first-order chi connectivity index (χ1) is 15.0. The molecule has 0 aliphatic carbocycles. The quantitative estimate of drug-likeness (QED) is 0.621. The molecule has 1 fully saturated rings. The molecule has 2 unspecified atom stereocenters. The van der Waals surface area contributed by atoms with Crippen molar-refractivity contribution in [1.29, 1.82) is 0 Å². The van der Waals surface area contributed by atoms with E-state index in [0.29, 0.717) is 31.7 Å². The van der Waals surface area contributed by atoms with Gasteiger partial charge in [-0.05, 0) is 36.6 Å². The van der Waals surface area contributed by atoms with E-state index in [2.05, 4.69) is 6.92 Å². The lowest BCUT2D eigenvalue weighted by Crippen LogP contribution is -2.48. The Morgan fingerprint density at radius 3 is 2.58 bits per heavy atom. The summed E-state index contributed by atoms with van der Waals surface area (Å²) in [7, 11) is 3.37. The van der Waals surface area contributed by atoms with E-state index in [9.17, 15) is 14.0 Å². The molecule has 0 radical (unpaired) electrons. The minimum Gasteiger partial charge on any atom is -0.496 e. The normalized spacial score (nSPS) is 18.7. The molecule has 166 valence electrons. The summed E-state index contributed by atoms with van der Waals surface area (Å²) in [6, 6.07) is 13.4. The van der Waals surface area contributed by atoms with E-state index < -0.39 is 0 Å². The number of para-hydroxylation sites is 1. The van der Waals surface area contributed by atoms with Crippen LogP contribution in [0, 0.1) is 11.7 Å². The summed E-state index contributed by atoms with van der Waals surface area (Å²) in [5.41, 5.74) is 1.73. The third-order valence-electron chi connectivity index (χ3n) is 5.94. The van der Waals surface area contributed by atoms with E-state index >= 15 is 0 Å². The fourth-order valence-electron chi connectivity index (χ4n) is 4.32. The largest absolute Gasteiger partial charge is 0.496 e. The molecule has 2 aromatic carbocycles.